The minimum atomic E-state index is -1.06. The molecule has 18 heavy (non-hydrogen) atoms. The summed E-state index contributed by atoms with van der Waals surface area (Å²) in [6, 6.07) is 8.37. The van der Waals surface area contributed by atoms with Crippen LogP contribution < -0.4 is 0 Å². The van der Waals surface area contributed by atoms with Gasteiger partial charge in [-0.15, -0.1) is 0 Å². The lowest BCUT2D eigenvalue weighted by atomic mass is 10.0. The first-order chi connectivity index (χ1) is 8.45. The van der Waals surface area contributed by atoms with E-state index in [4.69, 9.17) is 28.3 Å². The molecule has 0 amide bonds. The van der Waals surface area contributed by atoms with Crippen LogP contribution in [-0.2, 0) is 0 Å². The zero-order valence-electron chi connectivity index (χ0n) is 9.45. The number of carboxylic acids is 1. The van der Waals surface area contributed by atoms with E-state index in [9.17, 15) is 4.79 Å². The average Bonchev–Trinajstić information content (AvgIpc) is 2.26. The van der Waals surface area contributed by atoms with Crippen molar-refractivity contribution >= 4 is 29.2 Å². The largest absolute Gasteiger partial charge is 0.477 e. The normalized spacial score (nSPS) is 10.4. The van der Waals surface area contributed by atoms with Gasteiger partial charge >= 0.3 is 5.97 Å². The van der Waals surface area contributed by atoms with Gasteiger partial charge in [-0.3, -0.25) is 0 Å². The van der Waals surface area contributed by atoms with E-state index < -0.39 is 5.97 Å². The lowest BCUT2D eigenvalue weighted by molar-refractivity contribution is 0.0690. The molecule has 0 aliphatic heterocycles. The summed E-state index contributed by atoms with van der Waals surface area (Å²) in [6.07, 6.45) is 0. The van der Waals surface area contributed by atoms with Gasteiger partial charge in [0, 0.05) is 15.7 Å². The standard InChI is InChI=1S/C13H9Cl2NO2/c1-7-2-8(5-12(16-7)13(17)18)9-3-10(14)6-11(15)4-9/h2-6H,1H3,(H,17,18). The summed E-state index contributed by atoms with van der Waals surface area (Å²) < 4.78 is 0. The first-order valence-corrected chi connectivity index (χ1v) is 5.90. The second-order valence-electron chi connectivity index (χ2n) is 3.85. The molecule has 0 unspecified atom stereocenters. The molecule has 2 rings (SSSR count). The van der Waals surface area contributed by atoms with E-state index in [-0.39, 0.29) is 5.69 Å². The van der Waals surface area contributed by atoms with Crippen LogP contribution in [0.4, 0.5) is 0 Å². The molecule has 5 heteroatoms. The van der Waals surface area contributed by atoms with Gasteiger partial charge in [-0.05, 0) is 48.4 Å². The predicted molar refractivity (Wildman–Crippen MR) is 71.4 cm³/mol. The van der Waals surface area contributed by atoms with Crippen LogP contribution in [-0.4, -0.2) is 16.1 Å². The molecule has 0 saturated carbocycles. The minimum Gasteiger partial charge on any atom is -0.477 e. The summed E-state index contributed by atoms with van der Waals surface area (Å²) in [4.78, 5) is 14.9. The van der Waals surface area contributed by atoms with Gasteiger partial charge in [0.05, 0.1) is 0 Å². The monoisotopic (exact) mass is 281 g/mol. The van der Waals surface area contributed by atoms with E-state index in [1.54, 1.807) is 31.2 Å². The second-order valence-corrected chi connectivity index (χ2v) is 4.72. The Morgan fingerprint density at radius 3 is 2.17 bits per heavy atom. The van der Waals surface area contributed by atoms with Crippen LogP contribution in [0.5, 0.6) is 0 Å². The van der Waals surface area contributed by atoms with Gasteiger partial charge in [-0.25, -0.2) is 9.78 Å². The highest BCUT2D eigenvalue weighted by molar-refractivity contribution is 6.35. The summed E-state index contributed by atoms with van der Waals surface area (Å²) in [5, 5.41) is 9.98. The van der Waals surface area contributed by atoms with Crippen molar-refractivity contribution < 1.29 is 9.90 Å². The number of carbonyl (C=O) groups is 1. The molecule has 3 nitrogen and oxygen atoms in total. The van der Waals surface area contributed by atoms with Crippen LogP contribution in [0.25, 0.3) is 11.1 Å². The molecular weight excluding hydrogens is 273 g/mol. The second kappa shape index (κ2) is 4.96. The molecule has 92 valence electrons. The Labute approximate surface area is 114 Å². The first-order valence-electron chi connectivity index (χ1n) is 5.14. The van der Waals surface area contributed by atoms with Crippen LogP contribution in [0.3, 0.4) is 0 Å². The Morgan fingerprint density at radius 1 is 1.06 bits per heavy atom. The summed E-state index contributed by atoms with van der Waals surface area (Å²) in [6.45, 7) is 1.74. The molecule has 0 saturated heterocycles. The number of benzene rings is 1. The van der Waals surface area contributed by atoms with Crippen LogP contribution >= 0.6 is 23.2 Å². The minimum absolute atomic E-state index is 0.00102. The van der Waals surface area contributed by atoms with E-state index >= 15 is 0 Å². The molecule has 1 aromatic heterocycles. The number of pyridine rings is 1. The quantitative estimate of drug-likeness (QED) is 0.903. The number of aromatic nitrogens is 1. The van der Waals surface area contributed by atoms with Crippen molar-refractivity contribution in [2.24, 2.45) is 0 Å². The van der Waals surface area contributed by atoms with Crippen molar-refractivity contribution in [3.63, 3.8) is 0 Å². The number of hydrogen-bond acceptors (Lipinski definition) is 2. The highest BCUT2D eigenvalue weighted by Gasteiger charge is 2.09. The van der Waals surface area contributed by atoms with Crippen LogP contribution in [0, 0.1) is 6.92 Å². The lowest BCUT2D eigenvalue weighted by Gasteiger charge is -2.06. The Balaban J connectivity index is 2.59. The smallest absolute Gasteiger partial charge is 0.354 e. The van der Waals surface area contributed by atoms with Crippen molar-refractivity contribution in [1.29, 1.82) is 0 Å². The number of hydrogen-bond donors (Lipinski definition) is 1. The Hall–Kier alpha value is -1.58. The molecule has 1 heterocycles. The number of nitrogens with zero attached hydrogens (tertiary/aromatic N) is 1. The van der Waals surface area contributed by atoms with E-state index in [0.717, 1.165) is 11.1 Å². The number of aromatic carboxylic acids is 1. The highest BCUT2D eigenvalue weighted by Crippen LogP contribution is 2.27. The van der Waals surface area contributed by atoms with E-state index in [1.165, 1.54) is 6.07 Å². The zero-order chi connectivity index (χ0) is 13.3. The molecular formula is C13H9Cl2NO2. The highest BCUT2D eigenvalue weighted by atomic mass is 35.5. The fraction of sp³-hybridized carbons (Fsp3) is 0.0769. The van der Waals surface area contributed by atoms with E-state index in [0.29, 0.717) is 15.7 Å². The number of rotatable bonds is 2. The molecule has 0 fully saturated rings. The van der Waals surface area contributed by atoms with Gasteiger partial charge in [0.25, 0.3) is 0 Å². The summed E-state index contributed by atoms with van der Waals surface area (Å²) in [5.74, 6) is -1.06. The van der Waals surface area contributed by atoms with Gasteiger partial charge in [-0.1, -0.05) is 23.2 Å². The molecule has 0 aliphatic carbocycles. The predicted octanol–water partition coefficient (Wildman–Crippen LogP) is 4.06. The molecule has 0 radical (unpaired) electrons. The third-order valence-corrected chi connectivity index (χ3v) is 2.80. The topological polar surface area (TPSA) is 50.2 Å². The maximum absolute atomic E-state index is 11.0. The maximum Gasteiger partial charge on any atom is 0.354 e. The average molecular weight is 282 g/mol. The molecule has 0 aliphatic rings. The number of aryl methyl sites for hydroxylation is 1. The maximum atomic E-state index is 11.0. The summed E-state index contributed by atoms with van der Waals surface area (Å²) in [5.41, 5.74) is 2.12. The Kier molecular flexibility index (Phi) is 3.55. The number of carboxylic acid groups (broad SMARTS) is 1. The fourth-order valence-corrected chi connectivity index (χ4v) is 2.19. The number of halogens is 2. The van der Waals surface area contributed by atoms with E-state index in [1.807, 2.05) is 0 Å². The molecule has 1 aromatic carbocycles. The third-order valence-electron chi connectivity index (χ3n) is 2.37. The van der Waals surface area contributed by atoms with Gasteiger partial charge in [-0.2, -0.15) is 0 Å². The first kappa shape index (κ1) is 12.9. The van der Waals surface area contributed by atoms with Crippen molar-refractivity contribution in [1.82, 2.24) is 4.98 Å². The summed E-state index contributed by atoms with van der Waals surface area (Å²) in [7, 11) is 0. The van der Waals surface area contributed by atoms with Gasteiger partial charge in [0.2, 0.25) is 0 Å². The Bertz CT molecular complexity index is 606. The van der Waals surface area contributed by atoms with Gasteiger partial charge in [0.1, 0.15) is 5.69 Å². The van der Waals surface area contributed by atoms with Crippen molar-refractivity contribution in [3.05, 3.63) is 51.8 Å². The van der Waals surface area contributed by atoms with Gasteiger partial charge < -0.3 is 5.11 Å². The molecule has 2 aromatic rings. The van der Waals surface area contributed by atoms with Crippen LogP contribution in [0.2, 0.25) is 10.0 Å². The lowest BCUT2D eigenvalue weighted by Crippen LogP contribution is -2.01. The fourth-order valence-electron chi connectivity index (χ4n) is 1.67. The van der Waals surface area contributed by atoms with E-state index in [2.05, 4.69) is 4.98 Å². The molecule has 1 N–H and O–H groups in total. The van der Waals surface area contributed by atoms with Gasteiger partial charge in [0.15, 0.2) is 0 Å². The zero-order valence-corrected chi connectivity index (χ0v) is 11.0. The van der Waals surface area contributed by atoms with Crippen molar-refractivity contribution in [2.45, 2.75) is 6.92 Å². The Morgan fingerprint density at radius 2 is 1.61 bits per heavy atom. The van der Waals surface area contributed by atoms with Crippen molar-refractivity contribution in [3.8, 4) is 11.1 Å². The van der Waals surface area contributed by atoms with Crippen molar-refractivity contribution in [2.75, 3.05) is 0 Å². The SMILES string of the molecule is Cc1cc(-c2cc(Cl)cc(Cl)c2)cc(C(=O)O)n1. The molecule has 0 bridgehead atoms. The van der Waals surface area contributed by atoms with Crippen LogP contribution in [0.1, 0.15) is 16.2 Å². The molecule has 0 spiro atoms. The third kappa shape index (κ3) is 2.81. The summed E-state index contributed by atoms with van der Waals surface area (Å²) >= 11 is 11.9. The molecule has 0 atom stereocenters. The van der Waals surface area contributed by atoms with Crippen LogP contribution in [0.15, 0.2) is 30.3 Å².